The molecule has 28 heavy (non-hydrogen) atoms. The minimum atomic E-state index is -0.456. The Hall–Kier alpha value is -3.68. The molecule has 0 unspecified atom stereocenters. The Labute approximate surface area is 159 Å². The summed E-state index contributed by atoms with van der Waals surface area (Å²) in [5.41, 5.74) is 1.59. The number of benzene rings is 2. The molecule has 0 radical (unpaired) electrons. The van der Waals surface area contributed by atoms with Crippen LogP contribution in [0.5, 0.6) is 11.5 Å². The van der Waals surface area contributed by atoms with Gasteiger partial charge in [0.1, 0.15) is 12.4 Å². The van der Waals surface area contributed by atoms with Crippen LogP contribution in [0.3, 0.4) is 0 Å². The molecule has 4 rings (SSSR count). The minimum absolute atomic E-state index is 0.161. The van der Waals surface area contributed by atoms with Crippen LogP contribution in [0.1, 0.15) is 5.56 Å². The van der Waals surface area contributed by atoms with Crippen molar-refractivity contribution >= 4 is 11.6 Å². The number of carbonyl (C=O) groups excluding carboxylic acids is 1. The number of hydrogen-bond acceptors (Lipinski definition) is 5. The Morgan fingerprint density at radius 2 is 2.00 bits per heavy atom. The third kappa shape index (κ3) is 3.57. The summed E-state index contributed by atoms with van der Waals surface area (Å²) >= 11 is 0. The number of carbonyl (C=O) groups is 1. The lowest BCUT2D eigenvalue weighted by molar-refractivity contribution is -0.116. The van der Waals surface area contributed by atoms with Crippen LogP contribution in [-0.4, -0.2) is 22.3 Å². The second-order valence-electron chi connectivity index (χ2n) is 6.32. The van der Waals surface area contributed by atoms with Crippen molar-refractivity contribution in [3.05, 3.63) is 70.5 Å². The van der Waals surface area contributed by atoms with E-state index in [-0.39, 0.29) is 18.9 Å². The summed E-state index contributed by atoms with van der Waals surface area (Å²) in [6.07, 6.45) is 1.30. The lowest BCUT2D eigenvalue weighted by Gasteiger charge is -2.09. The lowest BCUT2D eigenvalue weighted by Crippen LogP contribution is -2.27. The fourth-order valence-corrected chi connectivity index (χ4v) is 2.78. The molecule has 1 N–H and O–H groups in total. The van der Waals surface area contributed by atoms with Gasteiger partial charge in [-0.2, -0.15) is 0 Å². The minimum Gasteiger partial charge on any atom is -0.454 e. The van der Waals surface area contributed by atoms with E-state index in [1.165, 1.54) is 23.0 Å². The molecule has 2 aromatic carbocycles. The number of anilines is 1. The molecule has 0 saturated carbocycles. The number of hydrogen-bond donors (Lipinski definition) is 1. The highest BCUT2D eigenvalue weighted by Crippen LogP contribution is 2.35. The van der Waals surface area contributed by atoms with Gasteiger partial charge in [-0.25, -0.2) is 9.37 Å². The van der Waals surface area contributed by atoms with Crippen LogP contribution in [0.25, 0.3) is 11.3 Å². The maximum Gasteiger partial charge on any atom is 0.254 e. The van der Waals surface area contributed by atoms with E-state index in [0.717, 1.165) is 0 Å². The molecule has 0 saturated heterocycles. The number of amides is 1. The maximum atomic E-state index is 13.6. The molecule has 1 amide bonds. The molecule has 0 spiro atoms. The largest absolute Gasteiger partial charge is 0.454 e. The van der Waals surface area contributed by atoms with Crippen LogP contribution >= 0.6 is 0 Å². The fourth-order valence-electron chi connectivity index (χ4n) is 2.78. The molecule has 0 fully saturated rings. The first-order valence-electron chi connectivity index (χ1n) is 8.52. The zero-order valence-electron chi connectivity index (χ0n) is 14.9. The Bertz CT molecular complexity index is 1130. The average Bonchev–Trinajstić information content (AvgIpc) is 3.14. The number of ether oxygens (including phenoxy) is 2. The molecule has 8 heteroatoms. The van der Waals surface area contributed by atoms with Gasteiger partial charge in [-0.1, -0.05) is 6.07 Å². The van der Waals surface area contributed by atoms with Crippen LogP contribution in [0, 0.1) is 12.7 Å². The molecular formula is C20H16FN3O4. The molecule has 0 bridgehead atoms. The molecule has 0 aliphatic carbocycles. The zero-order chi connectivity index (χ0) is 19.7. The van der Waals surface area contributed by atoms with Crippen molar-refractivity contribution in [1.29, 1.82) is 0 Å². The molecule has 7 nitrogen and oxygen atoms in total. The summed E-state index contributed by atoms with van der Waals surface area (Å²) in [7, 11) is 0. The Morgan fingerprint density at radius 3 is 2.79 bits per heavy atom. The average molecular weight is 381 g/mol. The van der Waals surface area contributed by atoms with Gasteiger partial charge >= 0.3 is 0 Å². The van der Waals surface area contributed by atoms with Crippen molar-refractivity contribution in [3.63, 3.8) is 0 Å². The number of aryl methyl sites for hydroxylation is 1. The normalized spacial score (nSPS) is 12.1. The third-order valence-electron chi connectivity index (χ3n) is 4.32. The van der Waals surface area contributed by atoms with E-state index >= 15 is 0 Å². The van der Waals surface area contributed by atoms with Gasteiger partial charge in [0.2, 0.25) is 12.7 Å². The van der Waals surface area contributed by atoms with Gasteiger partial charge in [-0.3, -0.25) is 14.2 Å². The monoisotopic (exact) mass is 381 g/mol. The molecule has 2 heterocycles. The Morgan fingerprint density at radius 1 is 1.18 bits per heavy atom. The van der Waals surface area contributed by atoms with Crippen molar-refractivity contribution in [1.82, 2.24) is 9.55 Å². The molecular weight excluding hydrogens is 365 g/mol. The molecule has 0 atom stereocenters. The first kappa shape index (κ1) is 17.7. The van der Waals surface area contributed by atoms with E-state index in [9.17, 15) is 14.0 Å². The molecule has 1 aliphatic rings. The van der Waals surface area contributed by atoms with E-state index in [4.69, 9.17) is 9.47 Å². The number of nitrogens with one attached hydrogen (secondary N) is 1. The zero-order valence-corrected chi connectivity index (χ0v) is 14.9. The fraction of sp³-hybridized carbons (Fsp3) is 0.150. The predicted octanol–water partition coefficient (Wildman–Crippen LogP) is 2.73. The van der Waals surface area contributed by atoms with Crippen molar-refractivity contribution in [2.24, 2.45) is 0 Å². The highest BCUT2D eigenvalue weighted by molar-refractivity contribution is 5.90. The number of fused-ring (bicyclic) bond motifs is 1. The third-order valence-corrected chi connectivity index (χ3v) is 4.32. The summed E-state index contributed by atoms with van der Waals surface area (Å²) in [5, 5.41) is 2.56. The van der Waals surface area contributed by atoms with E-state index in [2.05, 4.69) is 10.3 Å². The standard InChI is InChI=1S/C20H16FN3O4/c1-12-2-4-14(7-15(12)21)23-19(25)9-24-10-22-16(8-20(24)26)13-3-5-17-18(6-13)28-11-27-17/h2-8,10H,9,11H2,1H3,(H,23,25). The van der Waals surface area contributed by atoms with Crippen LogP contribution in [0.2, 0.25) is 0 Å². The molecule has 3 aromatic rings. The summed E-state index contributed by atoms with van der Waals surface area (Å²) in [6, 6.07) is 11.0. The molecule has 1 aliphatic heterocycles. The number of halogens is 1. The van der Waals surface area contributed by atoms with Gasteiger partial charge in [-0.15, -0.1) is 0 Å². The number of nitrogens with zero attached hydrogens (tertiary/aromatic N) is 2. The van der Waals surface area contributed by atoms with Gasteiger partial charge in [0.05, 0.1) is 12.0 Å². The van der Waals surface area contributed by atoms with Gasteiger partial charge < -0.3 is 14.8 Å². The second kappa shape index (κ2) is 7.15. The van der Waals surface area contributed by atoms with Gasteiger partial charge in [-0.05, 0) is 42.8 Å². The van der Waals surface area contributed by atoms with Crippen molar-refractivity contribution < 1.29 is 18.7 Å². The van der Waals surface area contributed by atoms with E-state index in [1.807, 2.05) is 0 Å². The SMILES string of the molecule is Cc1ccc(NC(=O)Cn2cnc(-c3ccc4c(c3)OCO4)cc2=O)cc1F. The first-order valence-corrected chi connectivity index (χ1v) is 8.52. The van der Waals surface area contributed by atoms with E-state index in [1.54, 1.807) is 37.3 Å². The van der Waals surface area contributed by atoms with Gasteiger partial charge in [0.25, 0.3) is 5.56 Å². The Balaban J connectivity index is 1.49. The van der Waals surface area contributed by atoms with E-state index in [0.29, 0.717) is 34.0 Å². The summed E-state index contributed by atoms with van der Waals surface area (Å²) in [5.74, 6) is 0.363. The van der Waals surface area contributed by atoms with Crippen LogP contribution < -0.4 is 20.3 Å². The quantitative estimate of drug-likeness (QED) is 0.751. The Kier molecular flexibility index (Phi) is 4.52. The van der Waals surface area contributed by atoms with Crippen molar-refractivity contribution in [3.8, 4) is 22.8 Å². The first-order chi connectivity index (χ1) is 13.5. The van der Waals surface area contributed by atoms with Crippen LogP contribution in [0.4, 0.5) is 10.1 Å². The summed E-state index contributed by atoms with van der Waals surface area (Å²) in [6.45, 7) is 1.56. The topological polar surface area (TPSA) is 82.5 Å². The maximum absolute atomic E-state index is 13.6. The predicted molar refractivity (Wildman–Crippen MR) is 99.8 cm³/mol. The second-order valence-corrected chi connectivity index (χ2v) is 6.32. The summed E-state index contributed by atoms with van der Waals surface area (Å²) < 4.78 is 25.3. The van der Waals surface area contributed by atoms with Crippen molar-refractivity contribution in [2.75, 3.05) is 12.1 Å². The van der Waals surface area contributed by atoms with Crippen LogP contribution in [-0.2, 0) is 11.3 Å². The number of aromatic nitrogens is 2. The van der Waals surface area contributed by atoms with Gasteiger partial charge in [0, 0.05) is 17.3 Å². The van der Waals surface area contributed by atoms with Gasteiger partial charge in [0.15, 0.2) is 11.5 Å². The lowest BCUT2D eigenvalue weighted by atomic mass is 10.1. The van der Waals surface area contributed by atoms with Crippen molar-refractivity contribution in [2.45, 2.75) is 13.5 Å². The summed E-state index contributed by atoms with van der Waals surface area (Å²) in [4.78, 5) is 28.8. The smallest absolute Gasteiger partial charge is 0.254 e. The number of rotatable bonds is 4. The highest BCUT2D eigenvalue weighted by Gasteiger charge is 2.15. The molecule has 142 valence electrons. The van der Waals surface area contributed by atoms with Crippen LogP contribution in [0.15, 0.2) is 53.6 Å². The van der Waals surface area contributed by atoms with E-state index < -0.39 is 11.7 Å². The highest BCUT2D eigenvalue weighted by atomic mass is 19.1. The molecule has 1 aromatic heterocycles.